The number of aliphatic carboxylic acids is 1. The van der Waals surface area contributed by atoms with Gasteiger partial charge in [0.1, 0.15) is 22.9 Å². The molecule has 2 aliphatic heterocycles. The van der Waals surface area contributed by atoms with E-state index in [1.54, 1.807) is 7.05 Å². The second kappa shape index (κ2) is 8.30. The van der Waals surface area contributed by atoms with Crippen molar-refractivity contribution in [1.82, 2.24) is 30.4 Å². The first kappa shape index (κ1) is 23.3. The molecule has 2 N–H and O–H groups in total. The second-order valence-corrected chi connectivity index (χ2v) is 10.3. The highest BCUT2D eigenvalue weighted by molar-refractivity contribution is 8.01. The zero-order chi connectivity index (χ0) is 23.1. The van der Waals surface area contributed by atoms with Gasteiger partial charge in [-0.25, -0.2) is 17.9 Å². The summed E-state index contributed by atoms with van der Waals surface area (Å²) in [7, 11) is -4.12. The van der Waals surface area contributed by atoms with Crippen molar-refractivity contribution in [2.24, 2.45) is 7.05 Å². The average molecular weight is 502 g/mol. The Morgan fingerprint density at radius 3 is 2.61 bits per heavy atom. The number of alkyl halides is 3. The molecule has 0 radical (unpaired) electrons. The van der Waals surface area contributed by atoms with Crippen LogP contribution >= 0.6 is 23.5 Å². The lowest BCUT2D eigenvalue weighted by atomic mass is 10.0. The number of tetrazole rings is 1. The molecule has 2 atom stereocenters. The molecule has 18 heteroatoms. The summed E-state index contributed by atoms with van der Waals surface area (Å²) in [5.74, 6) is -5.33. The van der Waals surface area contributed by atoms with Crippen molar-refractivity contribution >= 4 is 51.1 Å². The van der Waals surface area contributed by atoms with Crippen LogP contribution in [0.4, 0.5) is 13.2 Å². The highest BCUT2D eigenvalue weighted by Crippen LogP contribution is 2.41. The molecule has 0 unspecified atom stereocenters. The molecular weight excluding hydrogens is 489 g/mol. The first-order valence-electron chi connectivity index (χ1n) is 8.17. The van der Waals surface area contributed by atoms with Crippen LogP contribution in [0.1, 0.15) is 0 Å². The molecule has 0 bridgehead atoms. The highest BCUT2D eigenvalue weighted by Gasteiger charge is 2.55. The third-order valence-corrected chi connectivity index (χ3v) is 7.98. The molecular formula is C13H13F3N6O6S3. The van der Waals surface area contributed by atoms with Gasteiger partial charge >= 0.3 is 11.5 Å². The number of carboxylic acid groups (broad SMARTS) is 1. The lowest BCUT2D eigenvalue weighted by molar-refractivity contribution is -0.150. The Balaban J connectivity index is 1.71. The van der Waals surface area contributed by atoms with Gasteiger partial charge in [-0.1, -0.05) is 11.8 Å². The molecule has 3 rings (SSSR count). The number of thioether (sulfide) groups is 2. The number of hydrogen-bond acceptors (Lipinski definition) is 10. The molecule has 0 aliphatic carbocycles. The van der Waals surface area contributed by atoms with Gasteiger partial charge < -0.3 is 10.4 Å². The van der Waals surface area contributed by atoms with Crippen molar-refractivity contribution in [2.75, 3.05) is 17.3 Å². The van der Waals surface area contributed by atoms with Gasteiger partial charge in [-0.05, 0) is 16.0 Å². The molecule has 0 saturated carbocycles. The van der Waals surface area contributed by atoms with Gasteiger partial charge in [0.15, 0.2) is 0 Å². The number of hydrogen-bond donors (Lipinski definition) is 2. The van der Waals surface area contributed by atoms with Gasteiger partial charge in [0.25, 0.3) is 15.7 Å². The maximum Gasteiger partial charge on any atom is 0.497 e. The predicted molar refractivity (Wildman–Crippen MR) is 99.0 cm³/mol. The largest absolute Gasteiger partial charge is 0.497 e. The maximum atomic E-state index is 12.4. The first-order valence-corrected chi connectivity index (χ1v) is 11.9. The molecule has 1 aromatic heterocycles. The summed E-state index contributed by atoms with van der Waals surface area (Å²) in [5, 5.41) is 21.9. The quantitative estimate of drug-likeness (QED) is 0.346. The maximum absolute atomic E-state index is 12.4. The molecule has 0 aromatic carbocycles. The van der Waals surface area contributed by atoms with Crippen molar-refractivity contribution in [3.05, 3.63) is 11.3 Å². The van der Waals surface area contributed by atoms with Gasteiger partial charge in [-0.15, -0.1) is 16.9 Å². The van der Waals surface area contributed by atoms with E-state index in [-0.39, 0.29) is 17.2 Å². The van der Waals surface area contributed by atoms with Crippen molar-refractivity contribution in [2.45, 2.75) is 22.1 Å². The number of nitrogens with zero attached hydrogens (tertiary/aromatic N) is 5. The Hall–Kier alpha value is -2.34. The fourth-order valence-electron chi connectivity index (χ4n) is 2.76. The van der Waals surface area contributed by atoms with E-state index in [1.165, 1.54) is 4.68 Å². The highest BCUT2D eigenvalue weighted by atomic mass is 32.2. The minimum Gasteiger partial charge on any atom is -0.477 e. The summed E-state index contributed by atoms with van der Waals surface area (Å²) in [6.07, 6.45) is 0. The minimum absolute atomic E-state index is 0.153. The molecule has 12 nitrogen and oxygen atoms in total. The number of β-lactam (4-membered cyclic amide) rings is 1. The standard InChI is InChI=1S/C13H13F3N6O6S3/c1-21-12(18-19-20-21)30-3-5-2-29-10-7(9(24)22(10)8(5)11(25)26)17-6(23)4-31(27,28)13(14,15)16/h7,10H,2-4H2,1H3,(H,17,23)(H,25,26)/t7-,10-/m1/s1. The van der Waals surface area contributed by atoms with Crippen molar-refractivity contribution in [1.29, 1.82) is 0 Å². The van der Waals surface area contributed by atoms with Crippen LogP contribution in [-0.2, 0) is 31.3 Å². The summed E-state index contributed by atoms with van der Waals surface area (Å²) >= 11 is 2.23. The van der Waals surface area contributed by atoms with Crippen LogP contribution in [0.3, 0.4) is 0 Å². The van der Waals surface area contributed by atoms with E-state index in [2.05, 4.69) is 15.5 Å². The molecule has 1 fully saturated rings. The SMILES string of the molecule is Cn1nnnc1SCC1=C(C(=O)O)N2C(=O)[C@@H](NC(=O)CS(=O)(=O)C(F)(F)F)[C@H]2SC1. The molecule has 0 spiro atoms. The summed E-state index contributed by atoms with van der Waals surface area (Å²) in [4.78, 5) is 36.8. The molecule has 3 heterocycles. The van der Waals surface area contributed by atoms with Crippen LogP contribution in [0.5, 0.6) is 0 Å². The summed E-state index contributed by atoms with van der Waals surface area (Å²) in [6, 6.07) is -1.34. The fourth-order valence-corrected chi connectivity index (χ4v) is 5.69. The Kier molecular flexibility index (Phi) is 6.25. The smallest absolute Gasteiger partial charge is 0.477 e. The van der Waals surface area contributed by atoms with Gasteiger partial charge in [-0.3, -0.25) is 14.5 Å². The summed E-state index contributed by atoms with van der Waals surface area (Å²) in [5.41, 5.74) is -5.52. The molecule has 1 saturated heterocycles. The van der Waals surface area contributed by atoms with E-state index in [9.17, 15) is 41.1 Å². The number of nitrogens with one attached hydrogen (secondary N) is 1. The predicted octanol–water partition coefficient (Wildman–Crippen LogP) is -1.02. The monoisotopic (exact) mass is 502 g/mol. The van der Waals surface area contributed by atoms with E-state index < -0.39 is 50.3 Å². The fraction of sp³-hybridized carbons (Fsp3) is 0.538. The van der Waals surface area contributed by atoms with E-state index in [0.717, 1.165) is 28.4 Å². The van der Waals surface area contributed by atoms with E-state index in [4.69, 9.17) is 0 Å². The van der Waals surface area contributed by atoms with Crippen molar-refractivity contribution < 1.29 is 41.1 Å². The summed E-state index contributed by atoms with van der Waals surface area (Å²) in [6.45, 7) is 0. The number of aryl methyl sites for hydroxylation is 1. The van der Waals surface area contributed by atoms with Crippen LogP contribution < -0.4 is 5.32 Å². The normalized spacial score (nSPS) is 21.5. The zero-order valence-corrected chi connectivity index (χ0v) is 17.8. The van der Waals surface area contributed by atoms with Crippen LogP contribution in [0.15, 0.2) is 16.4 Å². The van der Waals surface area contributed by atoms with Gasteiger partial charge in [0.2, 0.25) is 11.1 Å². The number of sulfone groups is 1. The Morgan fingerprint density at radius 2 is 2.06 bits per heavy atom. The van der Waals surface area contributed by atoms with Crippen molar-refractivity contribution in [3.63, 3.8) is 0 Å². The van der Waals surface area contributed by atoms with E-state index in [1.807, 2.05) is 5.32 Å². The number of fused-ring (bicyclic) bond motifs is 1. The van der Waals surface area contributed by atoms with Crippen LogP contribution in [-0.4, -0.2) is 90.6 Å². The molecule has 2 aliphatic rings. The number of carbonyl (C=O) groups is 3. The number of carbonyl (C=O) groups excluding carboxylic acids is 2. The first-order chi connectivity index (χ1) is 14.3. The third kappa shape index (κ3) is 4.49. The molecule has 31 heavy (non-hydrogen) atoms. The van der Waals surface area contributed by atoms with Crippen LogP contribution in [0, 0.1) is 0 Å². The Labute approximate surface area is 180 Å². The Morgan fingerprint density at radius 1 is 1.39 bits per heavy atom. The third-order valence-electron chi connectivity index (χ3n) is 4.20. The second-order valence-electron chi connectivity index (χ2n) is 6.29. The number of aromatic nitrogens is 4. The zero-order valence-electron chi connectivity index (χ0n) is 15.4. The molecule has 1 aromatic rings. The number of halogens is 3. The van der Waals surface area contributed by atoms with Gasteiger partial charge in [0.05, 0.1) is 0 Å². The van der Waals surface area contributed by atoms with Crippen LogP contribution in [0.25, 0.3) is 0 Å². The lowest BCUT2D eigenvalue weighted by Crippen LogP contribution is -2.71. The van der Waals surface area contributed by atoms with Crippen LogP contribution in [0.2, 0.25) is 0 Å². The lowest BCUT2D eigenvalue weighted by Gasteiger charge is -2.49. The minimum atomic E-state index is -5.71. The molecule has 170 valence electrons. The van der Waals surface area contributed by atoms with Crippen molar-refractivity contribution in [3.8, 4) is 0 Å². The summed E-state index contributed by atoms with van der Waals surface area (Å²) < 4.78 is 60.8. The van der Waals surface area contributed by atoms with Gasteiger partial charge in [-0.2, -0.15) is 13.2 Å². The number of carboxylic acids is 1. The number of rotatable bonds is 7. The van der Waals surface area contributed by atoms with E-state index in [0.29, 0.717) is 10.7 Å². The number of amides is 2. The molecule has 2 amide bonds. The Bertz CT molecular complexity index is 1070. The van der Waals surface area contributed by atoms with Gasteiger partial charge in [0, 0.05) is 18.6 Å². The van der Waals surface area contributed by atoms with E-state index >= 15 is 0 Å². The topological polar surface area (TPSA) is 164 Å². The average Bonchev–Trinajstić information content (AvgIpc) is 3.07.